The predicted molar refractivity (Wildman–Crippen MR) is 76.9 cm³/mol. The number of carbonyl (C=O) groups excluding carboxylic acids is 1. The van der Waals surface area contributed by atoms with Gasteiger partial charge in [-0.1, -0.05) is 30.3 Å². The minimum absolute atomic E-state index is 0.0704. The van der Waals surface area contributed by atoms with Crippen molar-refractivity contribution < 1.29 is 4.79 Å². The van der Waals surface area contributed by atoms with Gasteiger partial charge in [0.2, 0.25) is 5.91 Å². The van der Waals surface area contributed by atoms with Crippen molar-refractivity contribution in [2.45, 2.75) is 19.0 Å². The SMILES string of the molecule is CC(c1ccccc1)N1CCNCC1C(=O)N(C)C. The zero-order valence-electron chi connectivity index (χ0n) is 12.0. The van der Waals surface area contributed by atoms with Gasteiger partial charge in [-0.15, -0.1) is 0 Å². The Morgan fingerprint density at radius 1 is 1.37 bits per heavy atom. The van der Waals surface area contributed by atoms with Crippen molar-refractivity contribution in [1.82, 2.24) is 15.1 Å². The first-order valence-electron chi connectivity index (χ1n) is 6.84. The van der Waals surface area contributed by atoms with Crippen molar-refractivity contribution in [3.05, 3.63) is 35.9 Å². The van der Waals surface area contributed by atoms with Crippen LogP contribution in [0.15, 0.2) is 30.3 Å². The molecule has 1 aromatic carbocycles. The van der Waals surface area contributed by atoms with Gasteiger partial charge in [0.05, 0.1) is 0 Å². The van der Waals surface area contributed by atoms with E-state index in [0.717, 1.165) is 19.6 Å². The van der Waals surface area contributed by atoms with Crippen LogP contribution in [-0.2, 0) is 4.79 Å². The molecule has 0 spiro atoms. The molecular formula is C15H23N3O. The summed E-state index contributed by atoms with van der Waals surface area (Å²) >= 11 is 0. The molecule has 0 radical (unpaired) electrons. The van der Waals surface area contributed by atoms with E-state index in [9.17, 15) is 4.79 Å². The standard InChI is InChI=1S/C15H23N3O/c1-12(13-7-5-4-6-8-13)18-10-9-16-11-14(18)15(19)17(2)3/h4-8,12,14,16H,9-11H2,1-3H3. The maximum Gasteiger partial charge on any atom is 0.240 e. The van der Waals surface area contributed by atoms with E-state index in [-0.39, 0.29) is 18.0 Å². The minimum Gasteiger partial charge on any atom is -0.347 e. The van der Waals surface area contributed by atoms with Gasteiger partial charge in [0.15, 0.2) is 0 Å². The van der Waals surface area contributed by atoms with Crippen molar-refractivity contribution in [2.75, 3.05) is 33.7 Å². The van der Waals surface area contributed by atoms with E-state index in [1.165, 1.54) is 5.56 Å². The zero-order valence-corrected chi connectivity index (χ0v) is 12.0. The van der Waals surface area contributed by atoms with Crippen molar-refractivity contribution >= 4 is 5.91 Å². The maximum absolute atomic E-state index is 12.3. The molecule has 4 heteroatoms. The van der Waals surface area contributed by atoms with Gasteiger partial charge in [0.25, 0.3) is 0 Å². The molecule has 0 aromatic heterocycles. The predicted octanol–water partition coefficient (Wildman–Crippen LogP) is 1.11. The molecule has 2 rings (SSSR count). The van der Waals surface area contributed by atoms with Gasteiger partial charge >= 0.3 is 0 Å². The maximum atomic E-state index is 12.3. The van der Waals surface area contributed by atoms with E-state index in [2.05, 4.69) is 41.4 Å². The molecule has 1 fully saturated rings. The van der Waals surface area contributed by atoms with Gasteiger partial charge in [-0.25, -0.2) is 0 Å². The van der Waals surface area contributed by atoms with Gasteiger partial charge in [-0.05, 0) is 12.5 Å². The Labute approximate surface area is 115 Å². The van der Waals surface area contributed by atoms with Crippen LogP contribution in [0.2, 0.25) is 0 Å². The lowest BCUT2D eigenvalue weighted by Gasteiger charge is -2.40. The fourth-order valence-corrected chi connectivity index (χ4v) is 2.63. The molecule has 0 aliphatic carbocycles. The largest absolute Gasteiger partial charge is 0.347 e. The van der Waals surface area contributed by atoms with Crippen LogP contribution in [0.3, 0.4) is 0 Å². The summed E-state index contributed by atoms with van der Waals surface area (Å²) in [6.45, 7) is 4.75. The molecule has 1 saturated heterocycles. The number of benzene rings is 1. The summed E-state index contributed by atoms with van der Waals surface area (Å²) in [5.41, 5.74) is 1.26. The molecule has 0 saturated carbocycles. The summed E-state index contributed by atoms with van der Waals surface area (Å²) < 4.78 is 0. The van der Waals surface area contributed by atoms with Gasteiger partial charge in [0.1, 0.15) is 6.04 Å². The second-order valence-electron chi connectivity index (χ2n) is 5.28. The highest BCUT2D eigenvalue weighted by atomic mass is 16.2. The van der Waals surface area contributed by atoms with E-state index >= 15 is 0 Å². The third-order valence-corrected chi connectivity index (χ3v) is 3.79. The minimum atomic E-state index is -0.0704. The Hall–Kier alpha value is -1.39. The first-order valence-corrected chi connectivity index (χ1v) is 6.84. The second-order valence-corrected chi connectivity index (χ2v) is 5.28. The molecule has 0 bridgehead atoms. The van der Waals surface area contributed by atoms with Crippen LogP contribution in [0, 0.1) is 0 Å². The number of amides is 1. The Balaban J connectivity index is 2.18. The summed E-state index contributed by atoms with van der Waals surface area (Å²) in [6, 6.07) is 10.6. The lowest BCUT2D eigenvalue weighted by Crippen LogP contribution is -2.58. The Bertz CT molecular complexity index is 419. The van der Waals surface area contributed by atoms with E-state index in [0.29, 0.717) is 0 Å². The van der Waals surface area contributed by atoms with Crippen LogP contribution < -0.4 is 5.32 Å². The Kier molecular flexibility index (Phi) is 4.56. The van der Waals surface area contributed by atoms with Gasteiger partial charge < -0.3 is 10.2 Å². The number of hydrogen-bond donors (Lipinski definition) is 1. The molecule has 1 aliphatic rings. The summed E-state index contributed by atoms with van der Waals surface area (Å²) in [5.74, 6) is 0.176. The van der Waals surface area contributed by atoms with E-state index in [1.807, 2.05) is 20.2 Å². The van der Waals surface area contributed by atoms with Gasteiger partial charge in [-0.2, -0.15) is 0 Å². The highest BCUT2D eigenvalue weighted by molar-refractivity contribution is 5.81. The summed E-state index contributed by atoms with van der Waals surface area (Å²) in [6.07, 6.45) is 0. The molecule has 4 nitrogen and oxygen atoms in total. The summed E-state index contributed by atoms with van der Waals surface area (Å²) in [5, 5.41) is 3.32. The lowest BCUT2D eigenvalue weighted by molar-refractivity contribution is -0.136. The van der Waals surface area contributed by atoms with E-state index < -0.39 is 0 Å². The van der Waals surface area contributed by atoms with Crippen molar-refractivity contribution in [3.63, 3.8) is 0 Å². The number of nitrogens with one attached hydrogen (secondary N) is 1. The monoisotopic (exact) mass is 261 g/mol. The van der Waals surface area contributed by atoms with Gasteiger partial charge in [0, 0.05) is 39.8 Å². The third kappa shape index (κ3) is 3.14. The normalized spacial score (nSPS) is 21.9. The molecule has 1 heterocycles. The van der Waals surface area contributed by atoms with Crippen LogP contribution in [0.5, 0.6) is 0 Å². The fourth-order valence-electron chi connectivity index (χ4n) is 2.63. The Morgan fingerprint density at radius 3 is 2.68 bits per heavy atom. The first kappa shape index (κ1) is 14.0. The number of carbonyl (C=O) groups is 1. The average Bonchev–Trinajstić information content (AvgIpc) is 2.46. The number of piperazine rings is 1. The van der Waals surface area contributed by atoms with Crippen molar-refractivity contribution in [1.29, 1.82) is 0 Å². The quantitative estimate of drug-likeness (QED) is 0.885. The van der Waals surface area contributed by atoms with E-state index in [1.54, 1.807) is 4.90 Å². The molecule has 19 heavy (non-hydrogen) atoms. The van der Waals surface area contributed by atoms with Crippen LogP contribution >= 0.6 is 0 Å². The highest BCUT2D eigenvalue weighted by Gasteiger charge is 2.32. The average molecular weight is 261 g/mol. The molecule has 1 amide bonds. The zero-order chi connectivity index (χ0) is 13.8. The smallest absolute Gasteiger partial charge is 0.240 e. The topological polar surface area (TPSA) is 35.6 Å². The molecule has 2 atom stereocenters. The second kappa shape index (κ2) is 6.17. The number of likely N-dealkylation sites (N-methyl/N-ethyl adjacent to an activating group) is 1. The van der Waals surface area contributed by atoms with Crippen LogP contribution in [0.4, 0.5) is 0 Å². The third-order valence-electron chi connectivity index (χ3n) is 3.79. The van der Waals surface area contributed by atoms with Crippen molar-refractivity contribution in [2.24, 2.45) is 0 Å². The van der Waals surface area contributed by atoms with Crippen LogP contribution in [-0.4, -0.2) is 55.5 Å². The lowest BCUT2D eigenvalue weighted by atomic mass is 10.0. The molecule has 1 aromatic rings. The summed E-state index contributed by atoms with van der Waals surface area (Å²) in [7, 11) is 3.64. The fraction of sp³-hybridized carbons (Fsp3) is 0.533. The Morgan fingerprint density at radius 2 is 2.05 bits per heavy atom. The number of rotatable bonds is 3. The van der Waals surface area contributed by atoms with Crippen LogP contribution in [0.1, 0.15) is 18.5 Å². The number of hydrogen-bond acceptors (Lipinski definition) is 3. The highest BCUT2D eigenvalue weighted by Crippen LogP contribution is 2.23. The van der Waals surface area contributed by atoms with E-state index in [4.69, 9.17) is 0 Å². The summed E-state index contributed by atoms with van der Waals surface area (Å²) in [4.78, 5) is 16.3. The van der Waals surface area contributed by atoms with Crippen molar-refractivity contribution in [3.8, 4) is 0 Å². The molecule has 104 valence electrons. The number of nitrogens with zero attached hydrogens (tertiary/aromatic N) is 2. The molecule has 2 unspecified atom stereocenters. The molecule has 1 N–H and O–H groups in total. The van der Waals surface area contributed by atoms with Gasteiger partial charge in [-0.3, -0.25) is 9.69 Å². The molecular weight excluding hydrogens is 238 g/mol. The molecule has 1 aliphatic heterocycles. The van der Waals surface area contributed by atoms with Crippen LogP contribution in [0.25, 0.3) is 0 Å². The first-order chi connectivity index (χ1) is 9.11.